The van der Waals surface area contributed by atoms with Crippen LogP contribution < -0.4 is 10.6 Å². The van der Waals surface area contributed by atoms with E-state index in [-0.39, 0.29) is 30.2 Å². The Bertz CT molecular complexity index is 1180. The molecule has 2 aromatic heterocycles. The molecule has 1 aliphatic heterocycles. The van der Waals surface area contributed by atoms with Crippen molar-refractivity contribution in [2.75, 3.05) is 11.9 Å². The number of benzene rings is 1. The number of aromatic nitrogens is 2. The van der Waals surface area contributed by atoms with Crippen molar-refractivity contribution in [2.45, 2.75) is 52.2 Å². The zero-order chi connectivity index (χ0) is 24.4. The lowest BCUT2D eigenvalue weighted by Gasteiger charge is -2.28. The van der Waals surface area contributed by atoms with Gasteiger partial charge < -0.3 is 20.1 Å². The van der Waals surface area contributed by atoms with Crippen molar-refractivity contribution >= 4 is 28.9 Å². The van der Waals surface area contributed by atoms with Gasteiger partial charge in [-0.15, -0.1) is 0 Å². The van der Waals surface area contributed by atoms with Crippen molar-refractivity contribution in [3.05, 3.63) is 83.2 Å². The maximum Gasteiger partial charge on any atom is 0.226 e. The van der Waals surface area contributed by atoms with E-state index >= 15 is 0 Å². The zero-order valence-electron chi connectivity index (χ0n) is 19.9. The fourth-order valence-electron chi connectivity index (χ4n) is 4.86. The van der Waals surface area contributed by atoms with Crippen LogP contribution in [-0.2, 0) is 4.79 Å². The van der Waals surface area contributed by atoms with Crippen LogP contribution in [0.15, 0.2) is 54.7 Å². The van der Waals surface area contributed by atoms with Crippen molar-refractivity contribution < 1.29 is 9.18 Å². The Morgan fingerprint density at radius 2 is 1.94 bits per heavy atom. The molecule has 1 fully saturated rings. The molecular formula is C26H30FN5OS. The van der Waals surface area contributed by atoms with Gasteiger partial charge in [0.05, 0.1) is 17.8 Å². The van der Waals surface area contributed by atoms with Crippen molar-refractivity contribution in [2.24, 2.45) is 0 Å². The summed E-state index contributed by atoms with van der Waals surface area (Å²) in [5, 5.41) is 6.88. The third-order valence-electron chi connectivity index (χ3n) is 6.26. The molecule has 3 heterocycles. The van der Waals surface area contributed by atoms with E-state index in [0.717, 1.165) is 5.69 Å². The normalized spacial score (nSPS) is 17.8. The van der Waals surface area contributed by atoms with Gasteiger partial charge in [0, 0.05) is 42.3 Å². The highest BCUT2D eigenvalue weighted by atomic mass is 32.1. The second kappa shape index (κ2) is 9.93. The first-order chi connectivity index (χ1) is 16.3. The van der Waals surface area contributed by atoms with Gasteiger partial charge in [0.2, 0.25) is 5.91 Å². The Morgan fingerprint density at radius 3 is 2.56 bits per heavy atom. The molecule has 1 aliphatic rings. The quantitative estimate of drug-likeness (QED) is 0.455. The molecule has 34 heavy (non-hydrogen) atoms. The summed E-state index contributed by atoms with van der Waals surface area (Å²) in [6.45, 7) is 9.05. The average Bonchev–Trinajstić information content (AvgIpc) is 3.29. The monoisotopic (exact) mass is 479 g/mol. The number of rotatable bonds is 7. The van der Waals surface area contributed by atoms with Gasteiger partial charge in [-0.25, -0.2) is 4.39 Å². The van der Waals surface area contributed by atoms with Crippen molar-refractivity contribution in [1.82, 2.24) is 19.8 Å². The third-order valence-corrected chi connectivity index (χ3v) is 6.62. The molecule has 2 atom stereocenters. The first-order valence-corrected chi connectivity index (χ1v) is 11.9. The summed E-state index contributed by atoms with van der Waals surface area (Å²) in [6, 6.07) is 13.9. The van der Waals surface area contributed by atoms with Crippen molar-refractivity contribution in [3.63, 3.8) is 0 Å². The maximum absolute atomic E-state index is 13.2. The highest BCUT2D eigenvalue weighted by Crippen LogP contribution is 2.41. The van der Waals surface area contributed by atoms with E-state index in [1.54, 1.807) is 18.3 Å². The van der Waals surface area contributed by atoms with Crippen molar-refractivity contribution in [1.29, 1.82) is 0 Å². The molecule has 0 bridgehead atoms. The molecule has 0 spiro atoms. The van der Waals surface area contributed by atoms with Crippen LogP contribution >= 0.6 is 12.2 Å². The van der Waals surface area contributed by atoms with E-state index in [2.05, 4.69) is 58.8 Å². The zero-order valence-corrected chi connectivity index (χ0v) is 20.7. The lowest BCUT2D eigenvalue weighted by atomic mass is 9.96. The molecule has 1 amide bonds. The number of aryl methyl sites for hydroxylation is 1. The van der Waals surface area contributed by atoms with Gasteiger partial charge in [0.15, 0.2) is 5.11 Å². The van der Waals surface area contributed by atoms with Crippen LogP contribution in [0.1, 0.15) is 61.0 Å². The Labute approximate surface area is 205 Å². The fourth-order valence-corrected chi connectivity index (χ4v) is 5.19. The lowest BCUT2D eigenvalue weighted by molar-refractivity contribution is -0.116. The molecule has 0 aliphatic carbocycles. The summed E-state index contributed by atoms with van der Waals surface area (Å²) in [5.41, 5.74) is 5.02. The summed E-state index contributed by atoms with van der Waals surface area (Å²) >= 11 is 5.73. The van der Waals surface area contributed by atoms with Gasteiger partial charge in [-0.2, -0.15) is 0 Å². The summed E-state index contributed by atoms with van der Waals surface area (Å²) in [7, 11) is 0. The first kappa shape index (κ1) is 23.9. The Kier molecular flexibility index (Phi) is 6.97. The number of anilines is 1. The smallest absolute Gasteiger partial charge is 0.226 e. The number of carbonyl (C=O) groups excluding carboxylic acids is 1. The molecule has 0 radical (unpaired) electrons. The molecule has 3 aromatic rings. The van der Waals surface area contributed by atoms with E-state index < -0.39 is 0 Å². The minimum atomic E-state index is -0.339. The summed E-state index contributed by atoms with van der Waals surface area (Å²) in [4.78, 5) is 19.3. The number of nitrogens with zero attached hydrogens (tertiary/aromatic N) is 3. The third kappa shape index (κ3) is 4.82. The number of amides is 1. The molecule has 2 N–H and O–H groups in total. The number of carbonyl (C=O) groups is 1. The molecule has 6 nitrogen and oxygen atoms in total. The SMILES string of the molecule is Cc1cc([C@@H]2[C@H](c3ccccn3)NC(=S)N2CCC(=O)Nc2ccc(F)cc2)c(C)n1C(C)C. The standard InChI is InChI=1S/C26H30FN5OS/c1-16(2)32-17(3)15-21(18(32)4)25-24(22-7-5-6-13-28-22)30-26(34)31(25)14-12-23(33)29-20-10-8-19(27)9-11-20/h5-11,13,15-16,24-25H,12,14H2,1-4H3,(H,29,33)(H,30,34)/t24-,25+/m0/s1. The second-order valence-corrected chi connectivity index (χ2v) is 9.30. The van der Waals surface area contributed by atoms with Gasteiger partial charge in [-0.3, -0.25) is 9.78 Å². The van der Waals surface area contributed by atoms with Gasteiger partial charge in [-0.05, 0) is 87.9 Å². The van der Waals surface area contributed by atoms with E-state index in [1.165, 1.54) is 29.1 Å². The predicted octanol–water partition coefficient (Wildman–Crippen LogP) is 5.22. The summed E-state index contributed by atoms with van der Waals surface area (Å²) in [6.07, 6.45) is 2.03. The molecular weight excluding hydrogens is 449 g/mol. The van der Waals surface area contributed by atoms with E-state index in [0.29, 0.717) is 23.4 Å². The van der Waals surface area contributed by atoms with E-state index in [1.807, 2.05) is 18.2 Å². The second-order valence-electron chi connectivity index (χ2n) is 8.92. The van der Waals surface area contributed by atoms with E-state index in [9.17, 15) is 9.18 Å². The van der Waals surface area contributed by atoms with Crippen LogP contribution in [0, 0.1) is 19.7 Å². The van der Waals surface area contributed by atoms with Crippen molar-refractivity contribution in [3.8, 4) is 0 Å². The van der Waals surface area contributed by atoms with Crippen LogP contribution in [0.3, 0.4) is 0 Å². The Morgan fingerprint density at radius 1 is 1.21 bits per heavy atom. The minimum Gasteiger partial charge on any atom is -0.352 e. The van der Waals surface area contributed by atoms with Crippen LogP contribution in [0.5, 0.6) is 0 Å². The maximum atomic E-state index is 13.2. The number of hydrogen-bond donors (Lipinski definition) is 2. The topological polar surface area (TPSA) is 62.2 Å². The summed E-state index contributed by atoms with van der Waals surface area (Å²) < 4.78 is 15.5. The number of pyridine rings is 1. The van der Waals surface area contributed by atoms with Crippen LogP contribution in [-0.4, -0.2) is 32.0 Å². The molecule has 178 valence electrons. The highest BCUT2D eigenvalue weighted by Gasteiger charge is 2.41. The molecule has 4 rings (SSSR count). The molecule has 0 unspecified atom stereocenters. The summed E-state index contributed by atoms with van der Waals surface area (Å²) in [5.74, 6) is -0.490. The molecule has 1 aromatic carbocycles. The van der Waals surface area contributed by atoms with Crippen LogP contribution in [0.4, 0.5) is 10.1 Å². The van der Waals surface area contributed by atoms with Crippen LogP contribution in [0.2, 0.25) is 0 Å². The molecule has 1 saturated heterocycles. The number of thiocarbonyl (C=S) groups is 1. The van der Waals surface area contributed by atoms with Crippen LogP contribution in [0.25, 0.3) is 0 Å². The minimum absolute atomic E-state index is 0.0975. The van der Waals surface area contributed by atoms with Gasteiger partial charge in [0.1, 0.15) is 5.82 Å². The Balaban J connectivity index is 1.61. The lowest BCUT2D eigenvalue weighted by Crippen LogP contribution is -2.33. The number of halogens is 1. The van der Waals surface area contributed by atoms with Gasteiger partial charge >= 0.3 is 0 Å². The highest BCUT2D eigenvalue weighted by molar-refractivity contribution is 7.80. The number of hydrogen-bond acceptors (Lipinski definition) is 3. The largest absolute Gasteiger partial charge is 0.352 e. The first-order valence-electron chi connectivity index (χ1n) is 11.5. The number of nitrogens with one attached hydrogen (secondary N) is 2. The molecule has 8 heteroatoms. The van der Waals surface area contributed by atoms with Gasteiger partial charge in [-0.1, -0.05) is 6.07 Å². The molecule has 0 saturated carbocycles. The van der Waals surface area contributed by atoms with E-state index in [4.69, 9.17) is 12.2 Å². The average molecular weight is 480 g/mol. The fraction of sp³-hybridized carbons (Fsp3) is 0.346. The van der Waals surface area contributed by atoms with Gasteiger partial charge in [0.25, 0.3) is 0 Å². The predicted molar refractivity (Wildman–Crippen MR) is 136 cm³/mol. The Hall–Kier alpha value is -3.26.